The normalized spacial score (nSPS) is 23.2. The summed E-state index contributed by atoms with van der Waals surface area (Å²) in [5.74, 6) is 0.280. The van der Waals surface area contributed by atoms with Gasteiger partial charge in [-0.05, 0) is 30.4 Å². The number of H-pyrrole nitrogens is 1. The van der Waals surface area contributed by atoms with Crippen LogP contribution in [0.1, 0.15) is 18.4 Å². The lowest BCUT2D eigenvalue weighted by Crippen LogP contribution is -2.40. The van der Waals surface area contributed by atoms with Crippen LogP contribution in [0.25, 0.3) is 10.9 Å². The molecule has 130 valence electrons. The minimum atomic E-state index is -0.493. The van der Waals surface area contributed by atoms with E-state index in [1.54, 1.807) is 18.7 Å². The lowest BCUT2D eigenvalue weighted by Gasteiger charge is -2.16. The Morgan fingerprint density at radius 1 is 1.40 bits per heavy atom. The molecule has 0 bridgehead atoms. The molecule has 1 aliphatic rings. The molecule has 1 amide bonds. The largest absolute Gasteiger partial charge is 0.391 e. The number of amides is 1. The second kappa shape index (κ2) is 6.68. The van der Waals surface area contributed by atoms with Gasteiger partial charge >= 0.3 is 0 Å². The molecule has 25 heavy (non-hydrogen) atoms. The lowest BCUT2D eigenvalue weighted by molar-refractivity contribution is -0.121. The van der Waals surface area contributed by atoms with E-state index in [1.807, 2.05) is 29.0 Å². The first-order valence-corrected chi connectivity index (χ1v) is 8.52. The number of aliphatic hydroxyl groups is 1. The van der Waals surface area contributed by atoms with Crippen LogP contribution >= 0.6 is 0 Å². The Morgan fingerprint density at radius 3 is 3.16 bits per heavy atom. The van der Waals surface area contributed by atoms with Gasteiger partial charge in [0.1, 0.15) is 0 Å². The van der Waals surface area contributed by atoms with Crippen LogP contribution in [0.3, 0.4) is 0 Å². The zero-order valence-corrected chi connectivity index (χ0v) is 13.8. The van der Waals surface area contributed by atoms with Crippen molar-refractivity contribution in [3.8, 4) is 0 Å². The summed E-state index contributed by atoms with van der Waals surface area (Å²) in [6.07, 6.45) is 8.49. The number of nitrogens with one attached hydrogen (secondary N) is 2. The smallest absolute Gasteiger partial charge is 0.224 e. The summed E-state index contributed by atoms with van der Waals surface area (Å²) in [5.41, 5.74) is 1.85. The van der Waals surface area contributed by atoms with Crippen molar-refractivity contribution < 1.29 is 9.90 Å². The molecule has 2 heterocycles. The van der Waals surface area contributed by atoms with Crippen LogP contribution in [0.5, 0.6) is 0 Å². The van der Waals surface area contributed by atoms with Gasteiger partial charge in [0, 0.05) is 24.3 Å². The number of rotatable bonds is 5. The van der Waals surface area contributed by atoms with Crippen LogP contribution in [0.4, 0.5) is 0 Å². The summed E-state index contributed by atoms with van der Waals surface area (Å²) < 4.78 is 2.02. The van der Waals surface area contributed by atoms with Crippen molar-refractivity contribution in [3.05, 3.63) is 48.7 Å². The quantitative estimate of drug-likeness (QED) is 0.652. The summed E-state index contributed by atoms with van der Waals surface area (Å²) in [5, 5.41) is 21.2. The molecule has 1 fully saturated rings. The van der Waals surface area contributed by atoms with Crippen LogP contribution in [0, 0.1) is 5.92 Å². The van der Waals surface area contributed by atoms with E-state index in [4.69, 9.17) is 0 Å². The fourth-order valence-corrected chi connectivity index (χ4v) is 3.65. The second-order valence-electron chi connectivity index (χ2n) is 6.81. The van der Waals surface area contributed by atoms with Gasteiger partial charge in [0.2, 0.25) is 5.91 Å². The topological polar surface area (TPSA) is 95.8 Å². The van der Waals surface area contributed by atoms with Crippen molar-refractivity contribution in [2.24, 2.45) is 5.92 Å². The fraction of sp³-hybridized carbons (Fsp3) is 0.389. The van der Waals surface area contributed by atoms with E-state index in [1.165, 1.54) is 0 Å². The summed E-state index contributed by atoms with van der Waals surface area (Å²) >= 11 is 0. The van der Waals surface area contributed by atoms with Gasteiger partial charge in [-0.2, -0.15) is 5.10 Å². The number of benzene rings is 1. The van der Waals surface area contributed by atoms with Crippen LogP contribution in [0.2, 0.25) is 0 Å². The number of aliphatic hydroxyl groups excluding tert-OH is 1. The number of fused-ring (bicyclic) bond motifs is 1. The summed E-state index contributed by atoms with van der Waals surface area (Å²) in [6, 6.07) is 5.64. The highest BCUT2D eigenvalue weighted by Gasteiger charge is 2.33. The average Bonchev–Trinajstić information content (AvgIpc) is 3.30. The van der Waals surface area contributed by atoms with Gasteiger partial charge in [-0.3, -0.25) is 9.89 Å². The maximum atomic E-state index is 12.3. The first kappa shape index (κ1) is 15.8. The number of hydrogen-bond acceptors (Lipinski definition) is 4. The highest BCUT2D eigenvalue weighted by Crippen LogP contribution is 2.27. The van der Waals surface area contributed by atoms with Gasteiger partial charge in [0.05, 0.1) is 36.6 Å². The minimum Gasteiger partial charge on any atom is -0.391 e. The molecule has 4 rings (SSSR count). The maximum absolute atomic E-state index is 12.3. The van der Waals surface area contributed by atoms with E-state index in [0.29, 0.717) is 18.8 Å². The van der Waals surface area contributed by atoms with Crippen molar-refractivity contribution in [2.45, 2.75) is 38.0 Å². The molecule has 1 saturated carbocycles. The number of aromatic amines is 1. The van der Waals surface area contributed by atoms with Gasteiger partial charge in [-0.25, -0.2) is 4.98 Å². The first-order chi connectivity index (χ1) is 12.2. The minimum absolute atomic E-state index is 0.0637. The zero-order chi connectivity index (χ0) is 17.2. The molecular weight excluding hydrogens is 318 g/mol. The first-order valence-electron chi connectivity index (χ1n) is 8.52. The van der Waals surface area contributed by atoms with Crippen molar-refractivity contribution in [1.82, 2.24) is 25.1 Å². The van der Waals surface area contributed by atoms with E-state index >= 15 is 0 Å². The number of carbonyl (C=O) groups excluding carboxylic acids is 1. The molecule has 2 aromatic heterocycles. The van der Waals surface area contributed by atoms with E-state index in [9.17, 15) is 9.90 Å². The van der Waals surface area contributed by atoms with Gasteiger partial charge in [0.15, 0.2) is 0 Å². The van der Waals surface area contributed by atoms with Crippen molar-refractivity contribution in [3.63, 3.8) is 0 Å². The Bertz CT molecular complexity index is 857. The summed E-state index contributed by atoms with van der Waals surface area (Å²) in [4.78, 5) is 16.4. The molecule has 3 atom stereocenters. The third kappa shape index (κ3) is 3.56. The molecule has 7 heteroatoms. The van der Waals surface area contributed by atoms with Gasteiger partial charge < -0.3 is 15.0 Å². The SMILES string of the molecule is O=C(Cc1ccc2cn[nH]c2c1)N[C@@H]1CC(Cn2ccnc2)C[C@H]1O. The molecule has 7 nitrogen and oxygen atoms in total. The Morgan fingerprint density at radius 2 is 2.32 bits per heavy atom. The predicted octanol–water partition coefficient (Wildman–Crippen LogP) is 1.26. The summed E-state index contributed by atoms with van der Waals surface area (Å²) in [6.45, 7) is 0.819. The number of hydrogen-bond donors (Lipinski definition) is 3. The van der Waals surface area contributed by atoms with E-state index in [0.717, 1.165) is 29.4 Å². The van der Waals surface area contributed by atoms with Crippen molar-refractivity contribution in [1.29, 1.82) is 0 Å². The van der Waals surface area contributed by atoms with E-state index in [2.05, 4.69) is 20.5 Å². The summed E-state index contributed by atoms with van der Waals surface area (Å²) in [7, 11) is 0. The Hall–Kier alpha value is -2.67. The lowest BCUT2D eigenvalue weighted by atomic mass is 10.1. The van der Waals surface area contributed by atoms with Crippen LogP contribution in [-0.4, -0.2) is 42.9 Å². The van der Waals surface area contributed by atoms with Crippen LogP contribution < -0.4 is 5.32 Å². The predicted molar refractivity (Wildman–Crippen MR) is 92.7 cm³/mol. The molecule has 1 aliphatic carbocycles. The van der Waals surface area contributed by atoms with Gasteiger partial charge in [0.25, 0.3) is 0 Å². The molecule has 0 radical (unpaired) electrons. The number of carbonyl (C=O) groups is 1. The molecule has 0 spiro atoms. The zero-order valence-electron chi connectivity index (χ0n) is 13.8. The van der Waals surface area contributed by atoms with E-state index in [-0.39, 0.29) is 11.9 Å². The number of aromatic nitrogens is 4. The average molecular weight is 339 g/mol. The third-order valence-corrected chi connectivity index (χ3v) is 4.87. The van der Waals surface area contributed by atoms with Gasteiger partial charge in [-0.15, -0.1) is 0 Å². The Labute approximate surface area is 145 Å². The maximum Gasteiger partial charge on any atom is 0.224 e. The Balaban J connectivity index is 1.33. The Kier molecular flexibility index (Phi) is 4.23. The third-order valence-electron chi connectivity index (χ3n) is 4.87. The molecule has 1 aromatic carbocycles. The monoisotopic (exact) mass is 339 g/mol. The molecular formula is C18H21N5O2. The highest BCUT2D eigenvalue weighted by atomic mass is 16.3. The fourth-order valence-electron chi connectivity index (χ4n) is 3.65. The van der Waals surface area contributed by atoms with Crippen molar-refractivity contribution in [2.75, 3.05) is 0 Å². The molecule has 0 aliphatic heterocycles. The van der Waals surface area contributed by atoms with Crippen LogP contribution in [-0.2, 0) is 17.8 Å². The number of imidazole rings is 1. The second-order valence-corrected chi connectivity index (χ2v) is 6.81. The van der Waals surface area contributed by atoms with Gasteiger partial charge in [-0.1, -0.05) is 12.1 Å². The van der Waals surface area contributed by atoms with Crippen molar-refractivity contribution >= 4 is 16.8 Å². The number of nitrogens with zero attached hydrogens (tertiary/aromatic N) is 3. The van der Waals surface area contributed by atoms with E-state index < -0.39 is 6.10 Å². The molecule has 1 unspecified atom stereocenters. The highest BCUT2D eigenvalue weighted by molar-refractivity contribution is 5.82. The molecule has 0 saturated heterocycles. The molecule has 3 aromatic rings. The van der Waals surface area contributed by atoms with Crippen LogP contribution in [0.15, 0.2) is 43.1 Å². The molecule has 3 N–H and O–H groups in total. The standard InChI is InChI=1S/C18H21N5O2/c24-17-7-13(10-23-4-3-19-11-23)6-16(17)21-18(25)8-12-1-2-14-9-20-22-15(14)5-12/h1-5,9,11,13,16-17,24H,6-8,10H2,(H,20,22)(H,21,25)/t13?,16-,17-/m1/s1.